The smallest absolute Gasteiger partial charge is 0.238 e. The molecule has 0 N–H and O–H groups in total. The maximum atomic E-state index is 12.7. The van der Waals surface area contributed by atoms with Crippen molar-refractivity contribution in [3.8, 4) is 0 Å². The Bertz CT molecular complexity index is 1200. The molecule has 0 radical (unpaired) electrons. The average molecular weight is 488 g/mol. The molecule has 2 aliphatic rings. The number of pyridine rings is 1. The molecule has 2 fully saturated rings. The Balaban J connectivity index is 1.52. The van der Waals surface area contributed by atoms with E-state index in [9.17, 15) is 9.59 Å². The van der Waals surface area contributed by atoms with Crippen molar-refractivity contribution in [2.45, 2.75) is 53.4 Å². The van der Waals surface area contributed by atoms with Gasteiger partial charge in [-0.05, 0) is 67.9 Å². The van der Waals surface area contributed by atoms with Gasteiger partial charge < -0.3 is 0 Å². The highest BCUT2D eigenvalue weighted by Crippen LogP contribution is 2.30. The van der Waals surface area contributed by atoms with Gasteiger partial charge in [0.05, 0.1) is 22.4 Å². The van der Waals surface area contributed by atoms with E-state index < -0.39 is 0 Å². The van der Waals surface area contributed by atoms with Crippen LogP contribution in [0.2, 0.25) is 0 Å². The molecule has 3 aromatic rings. The van der Waals surface area contributed by atoms with Gasteiger partial charge in [0.15, 0.2) is 0 Å². The Morgan fingerprint density at radius 2 is 1.19 bits per heavy atom. The van der Waals surface area contributed by atoms with Crippen LogP contribution in [-0.4, -0.2) is 53.0 Å². The highest BCUT2D eigenvalue weighted by atomic mass is 16.2. The minimum atomic E-state index is 0.0133. The molecule has 0 saturated carbocycles. The van der Waals surface area contributed by atoms with Gasteiger partial charge in [0.1, 0.15) is 0 Å². The summed E-state index contributed by atoms with van der Waals surface area (Å²) in [6.45, 7) is 11.3. The van der Waals surface area contributed by atoms with Crippen LogP contribution >= 0.6 is 0 Å². The van der Waals surface area contributed by atoms with Gasteiger partial charge in [-0.3, -0.25) is 9.59 Å². The van der Waals surface area contributed by atoms with Crippen LogP contribution in [0.4, 0.5) is 11.4 Å². The Labute approximate surface area is 213 Å². The van der Waals surface area contributed by atoms with Gasteiger partial charge in [-0.2, -0.15) is 0 Å². The third-order valence-corrected chi connectivity index (χ3v) is 7.50. The zero-order chi connectivity index (χ0) is 25.4. The summed E-state index contributed by atoms with van der Waals surface area (Å²) in [5.41, 5.74) is 3.38. The fourth-order valence-corrected chi connectivity index (χ4v) is 5.84. The summed E-state index contributed by atoms with van der Waals surface area (Å²) in [6, 6.07) is 14.3. The monoisotopic (exact) mass is 487 g/mol. The molecule has 2 unspecified atom stereocenters. The van der Waals surface area contributed by atoms with E-state index in [2.05, 4.69) is 29.9 Å². The molecule has 0 aliphatic carbocycles. The van der Waals surface area contributed by atoms with Crippen LogP contribution in [0.1, 0.15) is 53.4 Å². The highest BCUT2D eigenvalue weighted by Gasteiger charge is 2.27. The van der Waals surface area contributed by atoms with Crippen LogP contribution in [0, 0.1) is 11.8 Å². The summed E-state index contributed by atoms with van der Waals surface area (Å²) in [5, 5.41) is 10.0. The molecule has 0 spiro atoms. The molecule has 36 heavy (non-hydrogen) atoms. The second-order valence-electron chi connectivity index (χ2n) is 10.7. The van der Waals surface area contributed by atoms with Crippen molar-refractivity contribution in [2.75, 3.05) is 36.2 Å². The number of fused-ring (bicyclic) bond motifs is 2. The van der Waals surface area contributed by atoms with Gasteiger partial charge in [0, 0.05) is 50.8 Å². The summed E-state index contributed by atoms with van der Waals surface area (Å²) in [7, 11) is 0. The molecule has 5 rings (SSSR count). The van der Waals surface area contributed by atoms with Crippen molar-refractivity contribution >= 4 is 45.0 Å². The van der Waals surface area contributed by atoms with E-state index in [-0.39, 0.29) is 11.8 Å². The fraction of sp³-hybridized carbons (Fsp3) is 0.483. The lowest BCUT2D eigenvalue weighted by atomic mass is 10.0. The number of hydrogen-bond donors (Lipinski definition) is 0. The van der Waals surface area contributed by atoms with Gasteiger partial charge in [-0.15, -0.1) is 0 Å². The Kier molecular flexibility index (Phi) is 6.95. The van der Waals surface area contributed by atoms with Gasteiger partial charge in [0.2, 0.25) is 11.8 Å². The third-order valence-electron chi connectivity index (χ3n) is 7.50. The molecule has 3 heterocycles. The zero-order valence-corrected chi connectivity index (χ0v) is 21.9. The summed E-state index contributed by atoms with van der Waals surface area (Å²) >= 11 is 0. The summed E-state index contributed by atoms with van der Waals surface area (Å²) in [6.07, 6.45) is 4.58. The van der Waals surface area contributed by atoms with Crippen molar-refractivity contribution in [1.82, 2.24) is 15.0 Å². The molecule has 2 aromatic carbocycles. The normalized spacial score (nSPS) is 21.6. The van der Waals surface area contributed by atoms with Crippen molar-refractivity contribution in [2.24, 2.45) is 11.8 Å². The first kappa shape index (κ1) is 24.7. The van der Waals surface area contributed by atoms with Gasteiger partial charge in [-0.1, -0.05) is 26.0 Å². The van der Waals surface area contributed by atoms with Crippen LogP contribution in [0.3, 0.4) is 0 Å². The summed E-state index contributed by atoms with van der Waals surface area (Å²) in [4.78, 5) is 30.3. The maximum Gasteiger partial charge on any atom is 0.238 e. The number of hydrogen-bond acceptors (Lipinski definition) is 5. The quantitative estimate of drug-likeness (QED) is 0.462. The predicted octanol–water partition coefficient (Wildman–Crippen LogP) is 5.39. The molecule has 2 saturated heterocycles. The average Bonchev–Trinajstić information content (AvgIpc) is 2.82. The molecule has 7 heteroatoms. The van der Waals surface area contributed by atoms with Crippen molar-refractivity contribution in [3.05, 3.63) is 42.5 Å². The van der Waals surface area contributed by atoms with Crippen LogP contribution in [0.25, 0.3) is 21.8 Å². The minimum absolute atomic E-state index is 0.0133. The van der Waals surface area contributed by atoms with Crippen LogP contribution in [0.15, 0.2) is 42.5 Å². The first-order chi connectivity index (χ1) is 17.3. The molecule has 2 aliphatic heterocycles. The Hall–Kier alpha value is -3.03. The maximum absolute atomic E-state index is 12.7. The second-order valence-corrected chi connectivity index (χ2v) is 10.7. The summed E-state index contributed by atoms with van der Waals surface area (Å²) in [5.74, 6) is 1.15. The fourth-order valence-electron chi connectivity index (χ4n) is 5.84. The van der Waals surface area contributed by atoms with E-state index in [1.54, 1.807) is 13.8 Å². The van der Waals surface area contributed by atoms with Crippen molar-refractivity contribution < 1.29 is 9.59 Å². The number of anilines is 2. The van der Waals surface area contributed by atoms with Gasteiger partial charge >= 0.3 is 0 Å². The van der Waals surface area contributed by atoms with Crippen molar-refractivity contribution in [1.29, 1.82) is 0 Å². The minimum Gasteiger partial charge on any atom is -0.273 e. The molecule has 7 nitrogen and oxygen atoms in total. The number of rotatable bonds is 4. The van der Waals surface area contributed by atoms with E-state index in [4.69, 9.17) is 4.98 Å². The lowest BCUT2D eigenvalue weighted by molar-refractivity contribution is -0.120. The zero-order valence-electron chi connectivity index (χ0n) is 21.9. The number of amides is 2. The molecule has 2 atom stereocenters. The number of benzene rings is 2. The number of carbonyl (C=O) groups excluding carboxylic acids is 2. The van der Waals surface area contributed by atoms with E-state index in [0.717, 1.165) is 72.2 Å². The molecular formula is C29H37N5O2. The second kappa shape index (κ2) is 10.1. The standard InChI is InChI=1S/C29H37N5O2/c1-20-7-5-13-31(18-20)33(22(3)35)26-11-9-24-15-25-10-12-27(17-29(25)30-28(24)16-26)34(23(4)36)32-14-6-8-21(2)19-32/h9-12,15-17,20-21H,5-8,13-14,18-19H2,1-4H3. The molecule has 1 aromatic heterocycles. The van der Waals surface area contributed by atoms with Crippen molar-refractivity contribution in [3.63, 3.8) is 0 Å². The SMILES string of the molecule is CC(=O)N(c1ccc2cc3ccc(N(C(C)=O)N4CCCC(C)C4)cc3nc2c1)N1CCCC(C)C1. The predicted molar refractivity (Wildman–Crippen MR) is 146 cm³/mol. The van der Waals surface area contributed by atoms with Crippen LogP contribution in [0.5, 0.6) is 0 Å². The first-order valence-electron chi connectivity index (χ1n) is 13.3. The van der Waals surface area contributed by atoms with E-state index in [0.29, 0.717) is 11.8 Å². The number of carbonyl (C=O) groups is 2. The molecule has 0 bridgehead atoms. The summed E-state index contributed by atoms with van der Waals surface area (Å²) < 4.78 is 0. The van der Waals surface area contributed by atoms with E-state index >= 15 is 0 Å². The molecule has 190 valence electrons. The Morgan fingerprint density at radius 3 is 1.58 bits per heavy atom. The van der Waals surface area contributed by atoms with E-state index in [1.165, 1.54) is 12.8 Å². The van der Waals surface area contributed by atoms with Gasteiger partial charge in [0.25, 0.3) is 0 Å². The Morgan fingerprint density at radius 1 is 0.750 bits per heavy atom. The highest BCUT2D eigenvalue weighted by molar-refractivity contribution is 5.99. The molecular weight excluding hydrogens is 450 g/mol. The lowest BCUT2D eigenvalue weighted by Gasteiger charge is -2.39. The van der Waals surface area contributed by atoms with Crippen LogP contribution < -0.4 is 10.0 Å². The number of hydrazine groups is 2. The topological polar surface area (TPSA) is 60.0 Å². The third kappa shape index (κ3) is 4.95. The number of nitrogens with zero attached hydrogens (tertiary/aromatic N) is 5. The molecule has 2 amide bonds. The number of aromatic nitrogens is 1. The lowest BCUT2D eigenvalue weighted by Crippen LogP contribution is -2.50. The van der Waals surface area contributed by atoms with Gasteiger partial charge in [-0.25, -0.2) is 25.0 Å². The van der Waals surface area contributed by atoms with E-state index in [1.807, 2.05) is 46.4 Å². The first-order valence-corrected chi connectivity index (χ1v) is 13.3. The van der Waals surface area contributed by atoms with Crippen LogP contribution in [-0.2, 0) is 9.59 Å². The number of piperidine rings is 2. The largest absolute Gasteiger partial charge is 0.273 e.